The minimum absolute atomic E-state index is 0.0793. The summed E-state index contributed by atoms with van der Waals surface area (Å²) in [6.45, 7) is 6.58. The number of esters is 1. The van der Waals surface area contributed by atoms with Gasteiger partial charge in [-0.1, -0.05) is 43.3 Å². The predicted molar refractivity (Wildman–Crippen MR) is 84.3 cm³/mol. The summed E-state index contributed by atoms with van der Waals surface area (Å²) in [6.07, 6.45) is 3.84. The van der Waals surface area contributed by atoms with Crippen LogP contribution in [0.3, 0.4) is 0 Å². The molecule has 1 saturated carbocycles. The number of fused-ring (bicyclic) bond motifs is 2. The largest absolute Gasteiger partial charge is 0.487 e. The number of hydrogen-bond donors (Lipinski definition) is 0. The van der Waals surface area contributed by atoms with E-state index in [1.54, 1.807) is 0 Å². The Kier molecular flexibility index (Phi) is 3.31. The summed E-state index contributed by atoms with van der Waals surface area (Å²) in [5.41, 5.74) is 0.384. The standard InChI is InChI=1S/C19H20O4/c1-3-14-18(21-11-13-7-5-4-6-8-13)17-12(2)10-19(14)15(22-17)9-16(20)23-19/h3-9,12,14,17-18H,1,10-11H2,2H3/t12-,14+,17-,18-,19-/m1/s1. The summed E-state index contributed by atoms with van der Waals surface area (Å²) in [5, 5.41) is 0. The third-order valence-corrected chi connectivity index (χ3v) is 5.15. The van der Waals surface area contributed by atoms with E-state index in [0.717, 1.165) is 12.0 Å². The van der Waals surface area contributed by atoms with Crippen LogP contribution in [-0.2, 0) is 25.6 Å². The highest BCUT2D eigenvalue weighted by molar-refractivity contribution is 5.86. The number of ether oxygens (including phenoxy) is 3. The van der Waals surface area contributed by atoms with Crippen molar-refractivity contribution in [3.63, 3.8) is 0 Å². The molecule has 5 atom stereocenters. The number of carbonyl (C=O) groups is 1. The fraction of sp³-hybridized carbons (Fsp3) is 0.421. The molecule has 0 radical (unpaired) electrons. The second kappa shape index (κ2) is 5.24. The first-order valence-corrected chi connectivity index (χ1v) is 8.04. The summed E-state index contributed by atoms with van der Waals surface area (Å²) in [4.78, 5) is 11.8. The number of carbonyl (C=O) groups excluding carboxylic acids is 1. The maximum atomic E-state index is 11.8. The van der Waals surface area contributed by atoms with Crippen molar-refractivity contribution in [2.45, 2.75) is 37.8 Å². The Morgan fingerprint density at radius 1 is 1.39 bits per heavy atom. The lowest BCUT2D eigenvalue weighted by Crippen LogP contribution is -2.63. The van der Waals surface area contributed by atoms with Gasteiger partial charge in [-0.05, 0) is 11.5 Å². The molecule has 1 aromatic carbocycles. The molecule has 23 heavy (non-hydrogen) atoms. The summed E-state index contributed by atoms with van der Waals surface area (Å²) in [5.74, 6) is 0.493. The molecule has 0 amide bonds. The Balaban J connectivity index is 1.61. The summed E-state index contributed by atoms with van der Waals surface area (Å²) < 4.78 is 17.9. The molecule has 120 valence electrons. The van der Waals surface area contributed by atoms with Crippen LogP contribution in [0.5, 0.6) is 0 Å². The van der Waals surface area contributed by atoms with Crippen LogP contribution in [0.4, 0.5) is 0 Å². The van der Waals surface area contributed by atoms with Crippen molar-refractivity contribution < 1.29 is 19.0 Å². The molecular formula is C19H20O4. The highest BCUT2D eigenvalue weighted by Gasteiger charge is 2.64. The van der Waals surface area contributed by atoms with Crippen LogP contribution in [-0.4, -0.2) is 23.8 Å². The molecule has 2 saturated heterocycles. The average Bonchev–Trinajstić information content (AvgIpc) is 2.88. The second-order valence-corrected chi connectivity index (χ2v) is 6.61. The first kappa shape index (κ1) is 14.5. The van der Waals surface area contributed by atoms with Gasteiger partial charge in [0.05, 0.1) is 18.6 Å². The normalized spacial score (nSPS) is 37.6. The van der Waals surface area contributed by atoms with Gasteiger partial charge in [0, 0.05) is 6.42 Å². The van der Waals surface area contributed by atoms with Crippen LogP contribution in [0.15, 0.2) is 54.8 Å². The Morgan fingerprint density at radius 3 is 2.91 bits per heavy atom. The molecular weight excluding hydrogens is 292 g/mol. The minimum Gasteiger partial charge on any atom is -0.487 e. The molecule has 4 nitrogen and oxygen atoms in total. The van der Waals surface area contributed by atoms with Crippen LogP contribution >= 0.6 is 0 Å². The van der Waals surface area contributed by atoms with Crippen molar-refractivity contribution in [2.24, 2.45) is 11.8 Å². The Hall–Kier alpha value is -2.07. The van der Waals surface area contributed by atoms with Crippen LogP contribution in [0, 0.1) is 11.8 Å². The van der Waals surface area contributed by atoms with E-state index in [2.05, 4.69) is 13.5 Å². The van der Waals surface area contributed by atoms with Crippen LogP contribution in [0.2, 0.25) is 0 Å². The van der Waals surface area contributed by atoms with Crippen molar-refractivity contribution in [1.29, 1.82) is 0 Å². The van der Waals surface area contributed by atoms with Gasteiger partial charge in [0.25, 0.3) is 0 Å². The highest BCUT2D eigenvalue weighted by Crippen LogP contribution is 2.55. The number of benzene rings is 1. The van der Waals surface area contributed by atoms with E-state index in [4.69, 9.17) is 14.2 Å². The molecule has 3 aliphatic heterocycles. The SMILES string of the molecule is C=C[C@H]1[C@@H](OCc2ccccc2)[C@@H]2OC3=CC(=O)O[C@@]31C[C@H]2C. The van der Waals surface area contributed by atoms with Gasteiger partial charge >= 0.3 is 5.97 Å². The van der Waals surface area contributed by atoms with E-state index in [1.807, 2.05) is 36.4 Å². The minimum atomic E-state index is -0.728. The van der Waals surface area contributed by atoms with E-state index < -0.39 is 5.60 Å². The summed E-state index contributed by atoms with van der Waals surface area (Å²) >= 11 is 0. The molecule has 1 spiro atoms. The van der Waals surface area contributed by atoms with E-state index >= 15 is 0 Å². The van der Waals surface area contributed by atoms with E-state index in [1.165, 1.54) is 6.08 Å². The van der Waals surface area contributed by atoms with Crippen molar-refractivity contribution in [1.82, 2.24) is 0 Å². The van der Waals surface area contributed by atoms with Crippen molar-refractivity contribution in [2.75, 3.05) is 0 Å². The lowest BCUT2D eigenvalue weighted by atomic mass is 9.65. The van der Waals surface area contributed by atoms with Gasteiger partial charge in [0.2, 0.25) is 0 Å². The van der Waals surface area contributed by atoms with Crippen molar-refractivity contribution in [3.05, 3.63) is 60.4 Å². The molecule has 4 aliphatic rings. The molecule has 2 bridgehead atoms. The van der Waals surface area contributed by atoms with Gasteiger partial charge in [-0.15, -0.1) is 6.58 Å². The Morgan fingerprint density at radius 2 is 2.17 bits per heavy atom. The molecule has 3 heterocycles. The zero-order chi connectivity index (χ0) is 16.0. The molecule has 3 fully saturated rings. The second-order valence-electron chi connectivity index (χ2n) is 6.61. The lowest BCUT2D eigenvalue weighted by Gasteiger charge is -2.55. The molecule has 4 heteroatoms. The smallest absolute Gasteiger partial charge is 0.335 e. The average molecular weight is 312 g/mol. The molecule has 1 aromatic rings. The fourth-order valence-electron chi connectivity index (χ4n) is 4.14. The van der Waals surface area contributed by atoms with Gasteiger partial charge in [-0.25, -0.2) is 4.79 Å². The topological polar surface area (TPSA) is 44.8 Å². The first-order valence-electron chi connectivity index (χ1n) is 8.04. The van der Waals surface area contributed by atoms with Gasteiger partial charge in [-0.2, -0.15) is 0 Å². The fourth-order valence-corrected chi connectivity index (χ4v) is 4.14. The maximum Gasteiger partial charge on any atom is 0.335 e. The Labute approximate surface area is 135 Å². The third-order valence-electron chi connectivity index (χ3n) is 5.15. The van der Waals surface area contributed by atoms with Gasteiger partial charge in [-0.3, -0.25) is 0 Å². The number of hydrogen-bond acceptors (Lipinski definition) is 4. The van der Waals surface area contributed by atoms with Crippen LogP contribution in [0.1, 0.15) is 18.9 Å². The van der Waals surface area contributed by atoms with Gasteiger partial charge in [0.1, 0.15) is 18.0 Å². The van der Waals surface area contributed by atoms with Crippen molar-refractivity contribution >= 4 is 5.97 Å². The van der Waals surface area contributed by atoms with Crippen molar-refractivity contribution in [3.8, 4) is 0 Å². The zero-order valence-electron chi connectivity index (χ0n) is 13.1. The third kappa shape index (κ3) is 2.12. The Bertz CT molecular complexity index is 665. The monoisotopic (exact) mass is 312 g/mol. The zero-order valence-corrected chi connectivity index (χ0v) is 13.1. The van der Waals surface area contributed by atoms with Gasteiger partial charge < -0.3 is 14.2 Å². The summed E-state index contributed by atoms with van der Waals surface area (Å²) in [6, 6.07) is 10.0. The lowest BCUT2D eigenvalue weighted by molar-refractivity contribution is -0.234. The first-order chi connectivity index (χ1) is 11.1. The van der Waals surface area contributed by atoms with E-state index in [9.17, 15) is 4.79 Å². The van der Waals surface area contributed by atoms with Crippen LogP contribution < -0.4 is 0 Å². The van der Waals surface area contributed by atoms with E-state index in [-0.39, 0.29) is 30.0 Å². The highest BCUT2D eigenvalue weighted by atomic mass is 16.6. The van der Waals surface area contributed by atoms with E-state index in [0.29, 0.717) is 12.4 Å². The van der Waals surface area contributed by atoms with Gasteiger partial charge in [0.15, 0.2) is 5.60 Å². The number of rotatable bonds is 4. The summed E-state index contributed by atoms with van der Waals surface area (Å²) in [7, 11) is 0. The van der Waals surface area contributed by atoms with Crippen LogP contribution in [0.25, 0.3) is 0 Å². The maximum absolute atomic E-state index is 11.8. The quantitative estimate of drug-likeness (QED) is 0.633. The molecule has 0 unspecified atom stereocenters. The molecule has 5 rings (SSSR count). The molecule has 0 aromatic heterocycles. The molecule has 0 N–H and O–H groups in total. The molecule has 1 aliphatic carbocycles. The predicted octanol–water partition coefficient (Wildman–Crippen LogP) is 2.99.